The molecule has 0 amide bonds. The first-order valence-corrected chi connectivity index (χ1v) is 12.5. The number of aryl methyl sites for hydroxylation is 1. The molecular formula is C26H24N2O6S. The third kappa shape index (κ3) is 3.73. The first kappa shape index (κ1) is 22.9. The predicted molar refractivity (Wildman–Crippen MR) is 130 cm³/mol. The molecule has 4 aromatic rings. The Morgan fingerprint density at radius 3 is 2.49 bits per heavy atom. The molecule has 5 rings (SSSR count). The monoisotopic (exact) mass is 492 g/mol. The molecule has 2 atom stereocenters. The summed E-state index contributed by atoms with van der Waals surface area (Å²) < 4.78 is 34.4. The Bertz CT molecular complexity index is 1540. The minimum atomic E-state index is -4.25. The molecule has 180 valence electrons. The Morgan fingerprint density at radius 2 is 1.80 bits per heavy atom. The summed E-state index contributed by atoms with van der Waals surface area (Å²) in [5.41, 5.74) is 3.48. The van der Waals surface area contributed by atoms with Crippen LogP contribution in [0.5, 0.6) is 11.5 Å². The van der Waals surface area contributed by atoms with Crippen LogP contribution in [0.3, 0.4) is 0 Å². The highest BCUT2D eigenvalue weighted by atomic mass is 32.2. The molecule has 0 fully saturated rings. The molecular weight excluding hydrogens is 468 g/mol. The van der Waals surface area contributed by atoms with Crippen LogP contribution in [0.15, 0.2) is 71.6 Å². The summed E-state index contributed by atoms with van der Waals surface area (Å²) in [6.45, 7) is 1.85. The first-order valence-electron chi connectivity index (χ1n) is 11.0. The molecule has 0 saturated heterocycles. The summed E-state index contributed by atoms with van der Waals surface area (Å²) in [6.07, 6.45) is 0.00545. The number of phenols is 1. The second kappa shape index (κ2) is 8.44. The normalized spacial score (nSPS) is 18.3. The van der Waals surface area contributed by atoms with Gasteiger partial charge in [-0.1, -0.05) is 42.0 Å². The number of methoxy groups -OCH3 is 1. The van der Waals surface area contributed by atoms with E-state index in [1.54, 1.807) is 18.2 Å². The molecule has 1 aromatic heterocycles. The average Bonchev–Trinajstić information content (AvgIpc) is 3.22. The van der Waals surface area contributed by atoms with Crippen molar-refractivity contribution in [2.45, 2.75) is 30.3 Å². The van der Waals surface area contributed by atoms with Gasteiger partial charge in [0.2, 0.25) is 10.0 Å². The predicted octanol–water partition coefficient (Wildman–Crippen LogP) is 3.98. The van der Waals surface area contributed by atoms with Gasteiger partial charge in [0.05, 0.1) is 18.0 Å². The van der Waals surface area contributed by atoms with E-state index >= 15 is 0 Å². The Morgan fingerprint density at radius 1 is 1.09 bits per heavy atom. The molecule has 0 radical (unpaired) electrons. The van der Waals surface area contributed by atoms with Crippen LogP contribution in [-0.2, 0) is 21.2 Å². The van der Waals surface area contributed by atoms with Crippen molar-refractivity contribution < 1.29 is 28.2 Å². The van der Waals surface area contributed by atoms with Gasteiger partial charge in [-0.3, -0.25) is 4.79 Å². The van der Waals surface area contributed by atoms with E-state index in [4.69, 9.17) is 4.74 Å². The van der Waals surface area contributed by atoms with Gasteiger partial charge in [-0.25, -0.2) is 8.42 Å². The molecule has 1 aliphatic heterocycles. The lowest BCUT2D eigenvalue weighted by molar-refractivity contribution is -0.142. The van der Waals surface area contributed by atoms with Crippen molar-refractivity contribution in [2.75, 3.05) is 7.11 Å². The molecule has 2 heterocycles. The quantitative estimate of drug-likeness (QED) is 0.388. The van der Waals surface area contributed by atoms with Crippen LogP contribution in [0.2, 0.25) is 0 Å². The zero-order valence-corrected chi connectivity index (χ0v) is 19.9. The fourth-order valence-corrected chi connectivity index (χ4v) is 6.50. The number of carboxylic acid groups (broad SMARTS) is 1. The first-order chi connectivity index (χ1) is 16.7. The fraction of sp³-hybridized carbons (Fsp3) is 0.192. The van der Waals surface area contributed by atoms with E-state index in [1.807, 2.05) is 31.2 Å². The number of fused-ring (bicyclic) bond motifs is 3. The van der Waals surface area contributed by atoms with Gasteiger partial charge in [0, 0.05) is 23.0 Å². The number of ether oxygens (including phenoxy) is 1. The number of H-pyrrole nitrogens is 1. The number of hydrogen-bond acceptors (Lipinski definition) is 5. The van der Waals surface area contributed by atoms with Crippen molar-refractivity contribution >= 4 is 26.9 Å². The van der Waals surface area contributed by atoms with Crippen molar-refractivity contribution in [2.24, 2.45) is 0 Å². The van der Waals surface area contributed by atoms with Gasteiger partial charge in [0.25, 0.3) is 0 Å². The Balaban J connectivity index is 1.81. The fourth-order valence-electron chi connectivity index (χ4n) is 4.78. The molecule has 9 heteroatoms. The lowest BCUT2D eigenvalue weighted by Crippen LogP contribution is -2.51. The van der Waals surface area contributed by atoms with Gasteiger partial charge in [-0.2, -0.15) is 4.31 Å². The highest BCUT2D eigenvalue weighted by Crippen LogP contribution is 2.45. The van der Waals surface area contributed by atoms with E-state index in [-0.39, 0.29) is 22.8 Å². The zero-order chi connectivity index (χ0) is 24.9. The molecule has 0 unspecified atom stereocenters. The van der Waals surface area contributed by atoms with Crippen molar-refractivity contribution in [3.05, 3.63) is 89.1 Å². The minimum absolute atomic E-state index is 0.00431. The average molecular weight is 493 g/mol. The summed E-state index contributed by atoms with van der Waals surface area (Å²) in [6, 6.07) is 16.0. The molecule has 35 heavy (non-hydrogen) atoms. The van der Waals surface area contributed by atoms with Crippen LogP contribution >= 0.6 is 0 Å². The van der Waals surface area contributed by atoms with Crippen molar-refractivity contribution in [1.29, 1.82) is 0 Å². The summed E-state index contributed by atoms with van der Waals surface area (Å²) >= 11 is 0. The standard InChI is InChI=1S/C26H24N2O6S/c1-15-7-10-17(11-8-15)35(32,33)28-21(26(30)31)14-19-18-5-3-4-6-20(18)27-24(19)25(28)16-9-12-22(29)23(13-16)34-2/h3-13,21,25,27,29H,14H2,1-2H3,(H,30,31)/t21-,25-/m0/s1. The van der Waals surface area contributed by atoms with Gasteiger partial charge < -0.3 is 19.9 Å². The molecule has 0 saturated carbocycles. The maximum Gasteiger partial charge on any atom is 0.322 e. The maximum absolute atomic E-state index is 14.0. The van der Waals surface area contributed by atoms with E-state index in [2.05, 4.69) is 4.98 Å². The third-order valence-corrected chi connectivity index (χ3v) is 8.37. The smallest absolute Gasteiger partial charge is 0.322 e. The van der Waals surface area contributed by atoms with E-state index in [0.717, 1.165) is 26.3 Å². The number of aromatic nitrogens is 1. The van der Waals surface area contributed by atoms with Crippen LogP contribution < -0.4 is 4.74 Å². The summed E-state index contributed by atoms with van der Waals surface area (Å²) in [5, 5.41) is 21.2. The number of sulfonamides is 1. The van der Waals surface area contributed by atoms with Gasteiger partial charge >= 0.3 is 5.97 Å². The van der Waals surface area contributed by atoms with Crippen LogP contribution in [0.4, 0.5) is 0 Å². The van der Waals surface area contributed by atoms with Crippen LogP contribution in [0, 0.1) is 6.92 Å². The number of benzene rings is 3. The number of carboxylic acids is 1. The van der Waals surface area contributed by atoms with Crippen molar-refractivity contribution in [3.63, 3.8) is 0 Å². The van der Waals surface area contributed by atoms with Gasteiger partial charge in [-0.05, 0) is 48.4 Å². The van der Waals surface area contributed by atoms with Gasteiger partial charge in [-0.15, -0.1) is 0 Å². The molecule has 0 spiro atoms. The Labute approximate surface area is 202 Å². The van der Waals surface area contributed by atoms with E-state index in [1.165, 1.54) is 31.4 Å². The highest BCUT2D eigenvalue weighted by Gasteiger charge is 2.47. The number of nitrogens with one attached hydrogen (secondary N) is 1. The Hall–Kier alpha value is -3.82. The molecule has 3 N–H and O–H groups in total. The second-order valence-corrected chi connectivity index (χ2v) is 10.4. The molecule has 3 aromatic carbocycles. The number of para-hydroxylation sites is 1. The molecule has 0 bridgehead atoms. The van der Waals surface area contributed by atoms with Crippen molar-refractivity contribution in [3.8, 4) is 11.5 Å². The number of aromatic hydroxyl groups is 1. The van der Waals surface area contributed by atoms with E-state index in [9.17, 15) is 23.4 Å². The number of hydrogen-bond donors (Lipinski definition) is 3. The highest BCUT2D eigenvalue weighted by molar-refractivity contribution is 7.89. The lowest BCUT2D eigenvalue weighted by atomic mass is 9.90. The summed E-state index contributed by atoms with van der Waals surface area (Å²) in [7, 11) is -2.85. The van der Waals surface area contributed by atoms with Crippen LogP contribution in [0.1, 0.15) is 28.4 Å². The second-order valence-electron chi connectivity index (χ2n) is 8.60. The molecule has 8 nitrogen and oxygen atoms in total. The molecule has 1 aliphatic rings. The van der Waals surface area contributed by atoms with Crippen LogP contribution in [0.25, 0.3) is 10.9 Å². The number of nitrogens with zero attached hydrogens (tertiary/aromatic N) is 1. The Kier molecular flexibility index (Phi) is 5.53. The van der Waals surface area contributed by atoms with Gasteiger partial charge in [0.15, 0.2) is 11.5 Å². The number of rotatable bonds is 5. The van der Waals surface area contributed by atoms with E-state index in [0.29, 0.717) is 11.3 Å². The largest absolute Gasteiger partial charge is 0.504 e. The van der Waals surface area contributed by atoms with Crippen LogP contribution in [-0.4, -0.2) is 47.0 Å². The number of aliphatic carboxylic acids is 1. The number of aromatic amines is 1. The topological polar surface area (TPSA) is 120 Å². The van der Waals surface area contributed by atoms with E-state index < -0.39 is 28.1 Å². The number of carbonyl (C=O) groups is 1. The molecule has 0 aliphatic carbocycles. The minimum Gasteiger partial charge on any atom is -0.504 e. The lowest BCUT2D eigenvalue weighted by Gasteiger charge is -2.39. The summed E-state index contributed by atoms with van der Waals surface area (Å²) in [4.78, 5) is 15.9. The van der Waals surface area contributed by atoms with Gasteiger partial charge in [0.1, 0.15) is 6.04 Å². The maximum atomic E-state index is 14.0. The van der Waals surface area contributed by atoms with Crippen molar-refractivity contribution in [1.82, 2.24) is 9.29 Å². The SMILES string of the molecule is COc1cc([C@H]2c3[nH]c4ccccc4c3C[C@@H](C(=O)O)N2S(=O)(=O)c2ccc(C)cc2)ccc1O. The summed E-state index contributed by atoms with van der Waals surface area (Å²) in [5.74, 6) is -1.19. The zero-order valence-electron chi connectivity index (χ0n) is 19.1. The number of phenolic OH excluding ortho intramolecular Hbond substituents is 1. The third-order valence-electron chi connectivity index (χ3n) is 6.48.